The number of carbonyl (C=O) groups excluding carboxylic acids is 1. The first-order valence-electron chi connectivity index (χ1n) is 11.4. The second-order valence-corrected chi connectivity index (χ2v) is 9.77. The first kappa shape index (κ1) is 19.7. The summed E-state index contributed by atoms with van der Waals surface area (Å²) in [6, 6.07) is 12.1. The van der Waals surface area contributed by atoms with Gasteiger partial charge >= 0.3 is 0 Å². The minimum absolute atomic E-state index is 0.0650. The third kappa shape index (κ3) is 3.06. The summed E-state index contributed by atoms with van der Waals surface area (Å²) >= 11 is 0. The molecule has 0 unspecified atom stereocenters. The predicted molar refractivity (Wildman–Crippen MR) is 117 cm³/mol. The summed E-state index contributed by atoms with van der Waals surface area (Å²) in [7, 11) is 2.30. The van der Waals surface area contributed by atoms with E-state index in [9.17, 15) is 4.79 Å². The molecule has 3 heterocycles. The van der Waals surface area contributed by atoms with Crippen LogP contribution in [0.5, 0.6) is 0 Å². The van der Waals surface area contributed by atoms with Gasteiger partial charge in [0.1, 0.15) is 5.69 Å². The lowest BCUT2D eigenvalue weighted by Crippen LogP contribution is -2.58. The maximum Gasteiger partial charge on any atom is 0.274 e. The molecule has 0 radical (unpaired) electrons. The van der Waals surface area contributed by atoms with E-state index in [0.717, 1.165) is 25.0 Å². The Morgan fingerprint density at radius 1 is 1.10 bits per heavy atom. The Bertz CT molecular complexity index is 915. The Kier molecular flexibility index (Phi) is 4.89. The van der Waals surface area contributed by atoms with Crippen molar-refractivity contribution in [3.05, 3.63) is 59.7 Å². The van der Waals surface area contributed by atoms with Crippen molar-refractivity contribution in [1.29, 1.82) is 0 Å². The Morgan fingerprint density at radius 3 is 2.53 bits per heavy atom. The highest BCUT2D eigenvalue weighted by Crippen LogP contribution is 2.55. The van der Waals surface area contributed by atoms with Crippen molar-refractivity contribution in [2.24, 2.45) is 5.41 Å². The lowest BCUT2D eigenvalue weighted by atomic mass is 9.69. The Morgan fingerprint density at radius 2 is 1.83 bits per heavy atom. The molecule has 5 nitrogen and oxygen atoms in total. The van der Waals surface area contributed by atoms with Crippen molar-refractivity contribution in [1.82, 2.24) is 19.8 Å². The van der Waals surface area contributed by atoms with Crippen LogP contribution in [0.25, 0.3) is 0 Å². The van der Waals surface area contributed by atoms with E-state index in [1.807, 2.05) is 6.92 Å². The number of rotatable bonds is 3. The number of carbonyl (C=O) groups is 1. The van der Waals surface area contributed by atoms with Crippen LogP contribution in [0.1, 0.15) is 60.8 Å². The zero-order chi connectivity index (χ0) is 20.9. The number of hydrogen-bond acceptors (Lipinski definition) is 4. The van der Waals surface area contributed by atoms with Crippen LogP contribution in [0.2, 0.25) is 0 Å². The van der Waals surface area contributed by atoms with E-state index >= 15 is 0 Å². The van der Waals surface area contributed by atoms with E-state index in [1.54, 1.807) is 12.4 Å². The smallest absolute Gasteiger partial charge is 0.274 e. The summed E-state index contributed by atoms with van der Waals surface area (Å²) in [5, 5.41) is 0. The van der Waals surface area contributed by atoms with Crippen LogP contribution in [-0.2, 0) is 6.42 Å². The molecular weight excluding hydrogens is 372 g/mol. The van der Waals surface area contributed by atoms with Gasteiger partial charge in [0.25, 0.3) is 5.91 Å². The molecular formula is C25H32N4O. The fourth-order valence-electron chi connectivity index (χ4n) is 6.62. The minimum atomic E-state index is 0.0650. The maximum atomic E-state index is 13.8. The standard InChI is InChI=1S/C25H32N4O/c1-17-15-27-19(16-26-17)24(30)29-21-14-25(2)22(11-7-8-12-23(25)29)28(3)20(21)13-18-9-5-4-6-10-18/h4-6,9-10,15-16,20-23H,7-8,11-14H2,1-3H3/t20-,21-,22+,23-,25+/m0/s1. The fraction of sp³-hybridized carbons (Fsp3) is 0.560. The number of hydrogen-bond donors (Lipinski definition) is 0. The molecule has 1 aliphatic carbocycles. The molecule has 2 aromatic rings. The number of benzene rings is 1. The summed E-state index contributed by atoms with van der Waals surface area (Å²) in [6.45, 7) is 4.34. The first-order chi connectivity index (χ1) is 14.5. The van der Waals surface area contributed by atoms with Gasteiger partial charge in [-0.2, -0.15) is 0 Å². The third-order valence-electron chi connectivity index (χ3n) is 8.05. The number of aryl methyl sites for hydroxylation is 1. The number of piperidine rings is 1. The summed E-state index contributed by atoms with van der Waals surface area (Å²) in [5.41, 5.74) is 2.82. The lowest BCUT2D eigenvalue weighted by Gasteiger charge is -2.49. The van der Waals surface area contributed by atoms with Gasteiger partial charge in [-0.3, -0.25) is 14.7 Å². The summed E-state index contributed by atoms with van der Waals surface area (Å²) in [5.74, 6) is 0.0650. The quantitative estimate of drug-likeness (QED) is 0.779. The van der Waals surface area contributed by atoms with E-state index in [2.05, 4.69) is 64.1 Å². The zero-order valence-electron chi connectivity index (χ0n) is 18.3. The minimum Gasteiger partial charge on any atom is -0.329 e. The average molecular weight is 405 g/mol. The van der Waals surface area contributed by atoms with E-state index < -0.39 is 0 Å². The first-order valence-corrected chi connectivity index (χ1v) is 11.4. The van der Waals surface area contributed by atoms with Gasteiger partial charge in [-0.25, -0.2) is 4.98 Å². The fourth-order valence-corrected chi connectivity index (χ4v) is 6.62. The predicted octanol–water partition coefficient (Wildman–Crippen LogP) is 3.87. The van der Waals surface area contributed by atoms with Crippen molar-refractivity contribution < 1.29 is 4.79 Å². The molecule has 5 atom stereocenters. The van der Waals surface area contributed by atoms with Gasteiger partial charge in [0.2, 0.25) is 0 Å². The molecule has 1 aromatic carbocycles. The molecule has 5 heteroatoms. The molecule has 1 aromatic heterocycles. The highest BCUT2D eigenvalue weighted by molar-refractivity contribution is 5.93. The number of aromatic nitrogens is 2. The van der Waals surface area contributed by atoms with E-state index in [-0.39, 0.29) is 23.4 Å². The number of fused-ring (bicyclic) bond motifs is 1. The van der Waals surface area contributed by atoms with Crippen molar-refractivity contribution in [3.63, 3.8) is 0 Å². The number of likely N-dealkylation sites (N-methyl/N-ethyl adjacent to an activating group) is 1. The lowest BCUT2D eigenvalue weighted by molar-refractivity contribution is 0.0155. The number of likely N-dealkylation sites (tertiary alicyclic amines) is 2. The van der Waals surface area contributed by atoms with Gasteiger partial charge in [0.15, 0.2) is 0 Å². The summed E-state index contributed by atoms with van der Waals surface area (Å²) in [6.07, 6.45) is 10.2. The molecule has 5 rings (SSSR count). The van der Waals surface area contributed by atoms with Gasteiger partial charge in [0, 0.05) is 35.8 Å². The van der Waals surface area contributed by atoms with E-state index in [0.29, 0.717) is 17.8 Å². The zero-order valence-corrected chi connectivity index (χ0v) is 18.3. The van der Waals surface area contributed by atoms with Crippen LogP contribution in [0.3, 0.4) is 0 Å². The molecule has 3 fully saturated rings. The van der Waals surface area contributed by atoms with Crippen LogP contribution < -0.4 is 0 Å². The van der Waals surface area contributed by atoms with Gasteiger partial charge in [-0.05, 0) is 45.2 Å². The van der Waals surface area contributed by atoms with Gasteiger partial charge in [-0.1, -0.05) is 50.1 Å². The van der Waals surface area contributed by atoms with Gasteiger partial charge < -0.3 is 4.90 Å². The van der Waals surface area contributed by atoms with Crippen LogP contribution >= 0.6 is 0 Å². The molecule has 1 amide bonds. The van der Waals surface area contributed by atoms with Crippen LogP contribution in [-0.4, -0.2) is 56.9 Å². The van der Waals surface area contributed by atoms with Crippen molar-refractivity contribution in [2.45, 2.75) is 76.5 Å². The molecule has 1 saturated carbocycles. The molecule has 2 aliphatic heterocycles. The summed E-state index contributed by atoms with van der Waals surface area (Å²) < 4.78 is 0. The topological polar surface area (TPSA) is 49.3 Å². The second kappa shape index (κ2) is 7.45. The SMILES string of the molecule is Cc1cnc(C(=O)N2[C@H]3CCCC[C@H]4N(C)[C@@H](Cc5ccccc5)[C@@H]2C[C@@]34C)cn1. The Hall–Kier alpha value is -2.27. The van der Waals surface area contributed by atoms with Gasteiger partial charge in [-0.15, -0.1) is 0 Å². The molecule has 0 spiro atoms. The molecule has 30 heavy (non-hydrogen) atoms. The highest BCUT2D eigenvalue weighted by atomic mass is 16.2. The molecule has 0 N–H and O–H groups in total. The largest absolute Gasteiger partial charge is 0.329 e. The van der Waals surface area contributed by atoms with E-state index in [1.165, 1.54) is 24.8 Å². The van der Waals surface area contributed by atoms with Crippen molar-refractivity contribution in [2.75, 3.05) is 7.05 Å². The molecule has 2 saturated heterocycles. The normalized spacial score (nSPS) is 33.4. The number of amides is 1. The van der Waals surface area contributed by atoms with Crippen LogP contribution in [0.4, 0.5) is 0 Å². The summed E-state index contributed by atoms with van der Waals surface area (Å²) in [4.78, 5) is 27.4. The van der Waals surface area contributed by atoms with Crippen molar-refractivity contribution in [3.8, 4) is 0 Å². The van der Waals surface area contributed by atoms with Crippen LogP contribution in [0, 0.1) is 12.3 Å². The maximum absolute atomic E-state index is 13.8. The van der Waals surface area contributed by atoms with E-state index in [4.69, 9.17) is 0 Å². The molecule has 3 aliphatic rings. The Balaban J connectivity index is 1.55. The monoisotopic (exact) mass is 404 g/mol. The van der Waals surface area contributed by atoms with Gasteiger partial charge in [0.05, 0.1) is 11.9 Å². The second-order valence-electron chi connectivity index (χ2n) is 9.77. The highest BCUT2D eigenvalue weighted by Gasteiger charge is 2.62. The average Bonchev–Trinajstić information content (AvgIpc) is 2.89. The number of nitrogens with zero attached hydrogens (tertiary/aromatic N) is 4. The molecule has 158 valence electrons. The third-order valence-corrected chi connectivity index (χ3v) is 8.05. The van der Waals surface area contributed by atoms with Crippen molar-refractivity contribution >= 4 is 5.91 Å². The molecule has 2 bridgehead atoms. The van der Waals surface area contributed by atoms with Crippen LogP contribution in [0.15, 0.2) is 42.7 Å². The Labute approximate surface area is 179 Å².